The Morgan fingerprint density at radius 3 is 0.911 bits per heavy atom. The topological polar surface area (TPSA) is 71.5 Å². The number of benzene rings is 2. The number of carbonyl (C=O) groups is 4. The number of aryl methyl sites for hydroxylation is 2. The largest absolute Gasteiger partial charge is 0.288 e. The number of hydrogen-bond acceptors (Lipinski definition) is 19. The molecule has 2 aliphatic rings. The van der Waals surface area contributed by atoms with Crippen LogP contribution in [0.15, 0.2) is 121 Å². The highest BCUT2D eigenvalue weighted by Gasteiger charge is 2.44. The number of hydrogen-bond donors (Lipinski definition) is 0. The summed E-state index contributed by atoms with van der Waals surface area (Å²) in [5.41, 5.74) is 8.79. The van der Waals surface area contributed by atoms with Gasteiger partial charge in [0.25, 0.3) is 11.8 Å². The molecule has 2 aromatic carbocycles. The molecule has 20 heteroatoms. The number of nitrogens with zero attached hydrogens (tertiary/aromatic N) is 1. The molecule has 0 N–H and O–H groups in total. The molecule has 2 atom stereocenters. The zero-order chi connectivity index (χ0) is 85.4. The third-order valence-corrected chi connectivity index (χ3v) is 42.3. The van der Waals surface area contributed by atoms with Crippen molar-refractivity contribution in [3.05, 3.63) is 194 Å². The summed E-state index contributed by atoms with van der Waals surface area (Å²) < 4.78 is 5.16. The van der Waals surface area contributed by atoms with Crippen molar-refractivity contribution in [1.82, 2.24) is 4.90 Å². The van der Waals surface area contributed by atoms with Crippen molar-refractivity contribution in [2.75, 3.05) is 7.05 Å². The molecule has 16 heterocycles. The van der Waals surface area contributed by atoms with Gasteiger partial charge in [0.2, 0.25) is 0 Å². The number of unbranched alkanes of at least 4 members (excludes halogenated alkanes) is 2. The molecule has 0 radical (unpaired) electrons. The fourth-order valence-electron chi connectivity index (χ4n) is 18.2. The molecule has 0 spiro atoms. The van der Waals surface area contributed by atoms with Crippen LogP contribution in [0.2, 0.25) is 0 Å². The number of thiophene rings is 15. The van der Waals surface area contributed by atoms with E-state index in [2.05, 4.69) is 218 Å². The molecular formula is C103H99NO4S15. The molecule has 123 heavy (non-hydrogen) atoms. The van der Waals surface area contributed by atoms with Crippen molar-refractivity contribution in [2.45, 2.75) is 187 Å². The summed E-state index contributed by atoms with van der Waals surface area (Å²) in [6, 6.07) is 46.4. The van der Waals surface area contributed by atoms with Gasteiger partial charge in [0.15, 0.2) is 11.6 Å². The SMILES string of the molecule is CCCCC(CC)Cc1sc(CC(CC)CCCC)c2c1C(=O)c1c(-c3ccc(C)s3)sc(-c3ccc(-c4cc5c(-c6ccc(CC(C)C)s6)c6sc(-c7ccc(-c8sc(-c9ccc(-c%10cc%11c(-c%12ccc(CC(C)C)s%12)c%12sc(C)cc%12c(-c%12ccc(CC(C)C)s%12)c%11s%10)s9)c9c8C(=O)N(C)C9=O)s7)cc6c(-c6ccc(CC(C)C)s6)c5s4)s3)c1C2=O. The van der Waals surface area contributed by atoms with Crippen LogP contribution >= 0.6 is 170 Å². The van der Waals surface area contributed by atoms with E-state index in [4.69, 9.17) is 0 Å². The second-order valence-corrected chi connectivity index (χ2v) is 52.2. The highest BCUT2D eigenvalue weighted by Crippen LogP contribution is 2.61. The zero-order valence-corrected chi connectivity index (χ0v) is 84.4. The predicted molar refractivity (Wildman–Crippen MR) is 552 cm³/mol. The van der Waals surface area contributed by atoms with Crippen LogP contribution in [0.5, 0.6) is 0 Å². The summed E-state index contributed by atoms with van der Waals surface area (Å²) in [5, 5.41) is 5.08. The van der Waals surface area contributed by atoms with E-state index in [0.717, 1.165) is 158 Å². The fraction of sp³-hybridized carbons (Fsp3) is 0.340. The van der Waals surface area contributed by atoms with Gasteiger partial charge >= 0.3 is 0 Å². The van der Waals surface area contributed by atoms with Crippen molar-refractivity contribution < 1.29 is 19.2 Å². The standard InChI is InChI=1S/C103H99NO4S15/c1-16-20-22-56(18-3)45-80-86-87(81(118-80)46-57(19-4)23-21-17-2)93(106)89-88(92(86)105)98(73-29-24-54(13)109-73)122-99(89)74-37-34-66(115-74)78-48-64-84(71-32-27-60(113-71)42-52(9)10)97-65(85(96(64)120-78)72-33-28-61(114-72)43-53(11)12)49-79(121-97)68-36-39-76(117-68)101-91-90(102(107)104(15)103(91)108)100(123-101)75-38-35-67(116-75)77-47-63-83(70-31-26-59(112-70)41-51(7)8)94-62(44-55(14)110-94)82(95(63)119-77)69-30-25-58(111-69)40-50(5)6/h24-39,44,47-53,56-57H,16-23,40-43,45-46H2,1-15H3. The first kappa shape index (κ1) is 85.9. The summed E-state index contributed by atoms with van der Waals surface area (Å²) >= 11 is 27.2. The second kappa shape index (κ2) is 35.1. The molecule has 1 aliphatic carbocycles. The zero-order valence-electron chi connectivity index (χ0n) is 72.1. The van der Waals surface area contributed by atoms with Gasteiger partial charge < -0.3 is 0 Å². The van der Waals surface area contributed by atoms with Crippen molar-refractivity contribution in [3.63, 3.8) is 0 Å². The fourth-order valence-corrected chi connectivity index (χ4v) is 37.1. The van der Waals surface area contributed by atoms with Crippen LogP contribution in [0.3, 0.4) is 0 Å². The van der Waals surface area contributed by atoms with Crippen LogP contribution < -0.4 is 0 Å². The number of carbonyl (C=O) groups excluding carboxylic acids is 4. The van der Waals surface area contributed by atoms with E-state index in [1.54, 1.807) is 86.4 Å². The first-order valence-electron chi connectivity index (χ1n) is 43.6. The molecule has 1 aliphatic heterocycles. The van der Waals surface area contributed by atoms with E-state index in [1.807, 2.05) is 90.7 Å². The highest BCUT2D eigenvalue weighted by atomic mass is 32.2. The minimum atomic E-state index is -0.254. The van der Waals surface area contributed by atoms with E-state index in [1.165, 1.54) is 126 Å². The Morgan fingerprint density at radius 1 is 0.276 bits per heavy atom. The van der Waals surface area contributed by atoms with E-state index in [9.17, 15) is 9.59 Å². The van der Waals surface area contributed by atoms with Crippen LogP contribution in [0.4, 0.5) is 0 Å². The Bertz CT molecular complexity index is 6750. The molecule has 15 aromatic heterocycles. The van der Waals surface area contributed by atoms with Crippen molar-refractivity contribution >= 4 is 234 Å². The van der Waals surface area contributed by atoms with Gasteiger partial charge in [0, 0.05) is 188 Å². The maximum Gasteiger partial charge on any atom is 0.262 e. The molecule has 0 bridgehead atoms. The van der Waals surface area contributed by atoms with Gasteiger partial charge in [-0.15, -0.1) is 170 Å². The lowest BCUT2D eigenvalue weighted by Gasteiger charge is -2.19. The predicted octanol–water partition coefficient (Wildman–Crippen LogP) is 36.5. The van der Waals surface area contributed by atoms with Gasteiger partial charge in [-0.05, 0) is 209 Å². The average Bonchev–Trinajstić information content (AvgIpc) is 1.57. The molecule has 17 aromatic rings. The minimum Gasteiger partial charge on any atom is -0.288 e. The molecule has 19 rings (SSSR count). The van der Waals surface area contributed by atoms with Gasteiger partial charge in [-0.2, -0.15) is 0 Å². The van der Waals surface area contributed by atoms with Crippen LogP contribution in [0, 0.1) is 49.4 Å². The van der Waals surface area contributed by atoms with Crippen LogP contribution in [0.25, 0.3) is 150 Å². The third kappa shape index (κ3) is 15.9. The summed E-state index contributed by atoms with van der Waals surface area (Å²) in [6.45, 7) is 32.0. The second-order valence-electron chi connectivity index (χ2n) is 35.3. The van der Waals surface area contributed by atoms with E-state index in [-0.39, 0.29) is 23.4 Å². The lowest BCUT2D eigenvalue weighted by Crippen LogP contribution is -2.24. The molecule has 5 nitrogen and oxygen atoms in total. The lowest BCUT2D eigenvalue weighted by molar-refractivity contribution is 0.0692. The number of fused-ring (bicyclic) bond motifs is 7. The van der Waals surface area contributed by atoms with Crippen molar-refractivity contribution in [3.8, 4) is 110 Å². The minimum absolute atomic E-state index is 0.0312. The highest BCUT2D eigenvalue weighted by molar-refractivity contribution is 7.34. The Balaban J connectivity index is 0.721. The lowest BCUT2D eigenvalue weighted by atomic mass is 9.81. The van der Waals surface area contributed by atoms with Crippen molar-refractivity contribution in [1.29, 1.82) is 0 Å². The molecule has 2 amide bonds. The smallest absolute Gasteiger partial charge is 0.262 e. The van der Waals surface area contributed by atoms with Crippen molar-refractivity contribution in [2.24, 2.45) is 35.5 Å². The summed E-state index contributed by atoms with van der Waals surface area (Å²) in [6.07, 6.45) is 14.7. The Kier molecular flexibility index (Phi) is 24.5. The summed E-state index contributed by atoms with van der Waals surface area (Å²) in [7, 11) is 1.64. The first-order chi connectivity index (χ1) is 59.4. The molecular weight excluding hydrogens is 1800 g/mol. The van der Waals surface area contributed by atoms with Gasteiger partial charge in [-0.3, -0.25) is 24.1 Å². The van der Waals surface area contributed by atoms with Gasteiger partial charge in [-0.25, -0.2) is 0 Å². The quantitative estimate of drug-likeness (QED) is 0.0406. The molecule has 0 fully saturated rings. The van der Waals surface area contributed by atoms with E-state index < -0.39 is 0 Å². The maximum atomic E-state index is 16.2. The molecule has 0 saturated carbocycles. The first-order valence-corrected chi connectivity index (χ1v) is 55.8. The van der Waals surface area contributed by atoms with E-state index in [0.29, 0.717) is 68.9 Å². The normalized spacial score (nSPS) is 13.7. The van der Waals surface area contributed by atoms with E-state index >= 15 is 9.59 Å². The molecule has 630 valence electrons. The van der Waals surface area contributed by atoms with Gasteiger partial charge in [-0.1, -0.05) is 134 Å². The Morgan fingerprint density at radius 2 is 0.585 bits per heavy atom. The number of rotatable bonds is 31. The number of amides is 2. The Hall–Kier alpha value is -6.54. The monoisotopic (exact) mass is 1890 g/mol. The number of ketones is 2. The van der Waals surface area contributed by atoms with Crippen LogP contribution in [-0.2, 0) is 38.5 Å². The Labute approximate surface area is 782 Å². The summed E-state index contributed by atoms with van der Waals surface area (Å²) in [4.78, 5) is 93.1. The third-order valence-electron chi connectivity index (χ3n) is 24.1. The molecule has 2 unspecified atom stereocenters. The average molecular weight is 1900 g/mol. The number of imide groups is 1. The summed E-state index contributed by atoms with van der Waals surface area (Å²) in [5.74, 6) is 2.57. The maximum absolute atomic E-state index is 16.2. The van der Waals surface area contributed by atoms with Gasteiger partial charge in [0.05, 0.1) is 41.8 Å². The van der Waals surface area contributed by atoms with Crippen LogP contribution in [0.1, 0.15) is 226 Å². The van der Waals surface area contributed by atoms with Gasteiger partial charge in [0.1, 0.15) is 0 Å². The van der Waals surface area contributed by atoms with Crippen LogP contribution in [-0.4, -0.2) is 35.3 Å². The molecule has 0 saturated heterocycles.